The van der Waals surface area contributed by atoms with Gasteiger partial charge in [-0.1, -0.05) is 12.6 Å². The van der Waals surface area contributed by atoms with Gasteiger partial charge in [-0.05, 0) is 6.92 Å². The van der Waals surface area contributed by atoms with Crippen molar-refractivity contribution in [3.05, 3.63) is 0 Å². The Labute approximate surface area is 66.2 Å². The van der Waals surface area contributed by atoms with Crippen LogP contribution in [0.4, 0.5) is 4.79 Å². The Hall–Kier alpha value is -0.220. The number of piperazine rings is 1. The summed E-state index contributed by atoms with van der Waals surface area (Å²) in [5.74, 6) is 0. The molecule has 10 heavy (non-hydrogen) atoms. The van der Waals surface area contributed by atoms with Crippen molar-refractivity contribution >= 4 is 17.9 Å². The predicted molar refractivity (Wildman–Crippen MR) is 43.4 cm³/mol. The number of carbonyl (C=O) groups is 1. The lowest BCUT2D eigenvalue weighted by Crippen LogP contribution is -2.49. The molecule has 1 aliphatic heterocycles. The van der Waals surface area contributed by atoms with Crippen LogP contribution in [0.3, 0.4) is 0 Å². The van der Waals surface area contributed by atoms with Gasteiger partial charge in [-0.25, -0.2) is 0 Å². The molecule has 58 valence electrons. The maximum absolute atomic E-state index is 10.7. The lowest BCUT2D eigenvalue weighted by molar-refractivity contribution is 0.204. The number of carbonyl (C=O) groups excluding carboxylic acids is 1. The first-order valence-corrected chi connectivity index (χ1v) is 3.86. The molecule has 0 spiro atoms. The molecule has 0 aromatic rings. The maximum atomic E-state index is 10.7. The van der Waals surface area contributed by atoms with Crippen molar-refractivity contribution in [2.45, 2.75) is 13.0 Å². The van der Waals surface area contributed by atoms with Crippen molar-refractivity contribution in [2.24, 2.45) is 0 Å². The van der Waals surface area contributed by atoms with Crippen LogP contribution in [-0.4, -0.2) is 35.8 Å². The van der Waals surface area contributed by atoms with Gasteiger partial charge in [0, 0.05) is 25.7 Å². The van der Waals surface area contributed by atoms with Gasteiger partial charge in [0.1, 0.15) is 0 Å². The number of hydrogen-bond donors (Lipinski definition) is 2. The number of hydrogen-bond acceptors (Lipinski definition) is 2. The zero-order chi connectivity index (χ0) is 7.56. The smallest absolute Gasteiger partial charge is 0.278 e. The van der Waals surface area contributed by atoms with Crippen molar-refractivity contribution in [1.29, 1.82) is 0 Å². The molecular formula is C6H12N2OS. The molecule has 0 aromatic heterocycles. The second-order valence-electron chi connectivity index (χ2n) is 2.58. The highest BCUT2D eigenvalue weighted by Crippen LogP contribution is 2.01. The molecule has 1 unspecified atom stereocenters. The van der Waals surface area contributed by atoms with E-state index in [0.717, 1.165) is 19.6 Å². The lowest BCUT2D eigenvalue weighted by atomic mass is 10.2. The van der Waals surface area contributed by atoms with Crippen LogP contribution in [0.5, 0.6) is 0 Å². The van der Waals surface area contributed by atoms with Crippen LogP contribution in [0.1, 0.15) is 6.92 Å². The van der Waals surface area contributed by atoms with E-state index in [-0.39, 0.29) is 5.24 Å². The number of thiol groups is 1. The molecule has 0 aliphatic carbocycles. The summed E-state index contributed by atoms with van der Waals surface area (Å²) in [6.07, 6.45) is 0. The average molecular weight is 160 g/mol. The van der Waals surface area contributed by atoms with E-state index in [1.54, 1.807) is 4.90 Å². The lowest BCUT2D eigenvalue weighted by Gasteiger charge is -2.30. The fraction of sp³-hybridized carbons (Fsp3) is 0.833. The van der Waals surface area contributed by atoms with Crippen LogP contribution >= 0.6 is 12.6 Å². The average Bonchev–Trinajstić information content (AvgIpc) is 1.88. The summed E-state index contributed by atoms with van der Waals surface area (Å²) in [6.45, 7) is 4.51. The summed E-state index contributed by atoms with van der Waals surface area (Å²) in [6, 6.07) is 0.407. The quantitative estimate of drug-likeness (QED) is 0.500. The van der Waals surface area contributed by atoms with Crippen molar-refractivity contribution in [3.8, 4) is 0 Å². The molecule has 1 fully saturated rings. The van der Waals surface area contributed by atoms with E-state index in [1.165, 1.54) is 0 Å². The second kappa shape index (κ2) is 3.25. The second-order valence-corrected chi connectivity index (χ2v) is 2.97. The van der Waals surface area contributed by atoms with E-state index < -0.39 is 0 Å². The Morgan fingerprint density at radius 2 is 2.50 bits per heavy atom. The van der Waals surface area contributed by atoms with E-state index in [2.05, 4.69) is 24.9 Å². The minimum atomic E-state index is -0.117. The molecule has 0 aromatic carbocycles. The molecule has 0 bridgehead atoms. The van der Waals surface area contributed by atoms with Gasteiger partial charge < -0.3 is 10.2 Å². The fourth-order valence-electron chi connectivity index (χ4n) is 1.11. The van der Waals surface area contributed by atoms with Crippen LogP contribution in [0.15, 0.2) is 0 Å². The molecular weight excluding hydrogens is 148 g/mol. The van der Waals surface area contributed by atoms with Gasteiger partial charge in [-0.2, -0.15) is 0 Å². The van der Waals surface area contributed by atoms with Crippen LogP contribution in [0.25, 0.3) is 0 Å². The molecule has 1 amide bonds. The normalized spacial score (nSPS) is 26.6. The molecule has 0 radical (unpaired) electrons. The molecule has 1 aliphatic rings. The SMILES string of the molecule is CC1CN(C(=O)S)CCN1. The van der Waals surface area contributed by atoms with Gasteiger partial charge in [0.15, 0.2) is 0 Å². The number of nitrogens with zero attached hydrogens (tertiary/aromatic N) is 1. The summed E-state index contributed by atoms with van der Waals surface area (Å²) < 4.78 is 0. The van der Waals surface area contributed by atoms with Gasteiger partial charge in [-0.3, -0.25) is 4.79 Å². The Morgan fingerprint density at radius 3 is 2.90 bits per heavy atom. The molecule has 1 saturated heterocycles. The van der Waals surface area contributed by atoms with Crippen molar-refractivity contribution in [1.82, 2.24) is 10.2 Å². The van der Waals surface area contributed by atoms with Gasteiger partial charge in [-0.15, -0.1) is 0 Å². The highest BCUT2D eigenvalue weighted by molar-refractivity contribution is 7.96. The summed E-state index contributed by atoms with van der Waals surface area (Å²) in [4.78, 5) is 12.4. The van der Waals surface area contributed by atoms with Crippen LogP contribution in [0.2, 0.25) is 0 Å². The molecule has 1 heterocycles. The highest BCUT2D eigenvalue weighted by atomic mass is 32.1. The number of rotatable bonds is 0. The largest absolute Gasteiger partial charge is 0.331 e. The number of nitrogens with one attached hydrogen (secondary N) is 1. The first-order valence-electron chi connectivity index (χ1n) is 3.41. The zero-order valence-corrected chi connectivity index (χ0v) is 6.90. The molecule has 3 nitrogen and oxygen atoms in total. The molecule has 0 saturated carbocycles. The first kappa shape index (κ1) is 7.88. The Bertz CT molecular complexity index is 140. The third kappa shape index (κ3) is 1.88. The third-order valence-corrected chi connectivity index (χ3v) is 1.92. The van der Waals surface area contributed by atoms with Gasteiger partial charge in [0.25, 0.3) is 5.24 Å². The highest BCUT2D eigenvalue weighted by Gasteiger charge is 2.17. The van der Waals surface area contributed by atoms with E-state index in [4.69, 9.17) is 0 Å². The zero-order valence-electron chi connectivity index (χ0n) is 6.00. The van der Waals surface area contributed by atoms with Gasteiger partial charge >= 0.3 is 0 Å². The first-order chi connectivity index (χ1) is 4.70. The van der Waals surface area contributed by atoms with E-state index in [9.17, 15) is 4.79 Å². The number of amides is 1. The van der Waals surface area contributed by atoms with Crippen molar-refractivity contribution in [3.63, 3.8) is 0 Å². The van der Waals surface area contributed by atoms with Crippen LogP contribution < -0.4 is 5.32 Å². The Balaban J connectivity index is 2.39. The maximum Gasteiger partial charge on any atom is 0.278 e. The molecule has 1 rings (SSSR count). The standard InChI is InChI=1S/C6H12N2OS/c1-5-4-8(6(9)10)3-2-7-5/h5,7H,2-4H2,1H3,(H,9,10). The summed E-state index contributed by atoms with van der Waals surface area (Å²) in [5, 5.41) is 3.12. The third-order valence-electron chi connectivity index (χ3n) is 1.64. The fourth-order valence-corrected chi connectivity index (χ4v) is 1.29. The summed E-state index contributed by atoms with van der Waals surface area (Å²) in [7, 11) is 0. The minimum Gasteiger partial charge on any atom is -0.331 e. The Morgan fingerprint density at radius 1 is 1.80 bits per heavy atom. The van der Waals surface area contributed by atoms with E-state index >= 15 is 0 Å². The van der Waals surface area contributed by atoms with Crippen LogP contribution in [0, 0.1) is 0 Å². The molecule has 1 N–H and O–H groups in total. The van der Waals surface area contributed by atoms with E-state index in [1.807, 2.05) is 0 Å². The minimum absolute atomic E-state index is 0.117. The predicted octanol–water partition coefficient (Wildman–Crippen LogP) is 0.330. The van der Waals surface area contributed by atoms with Crippen LogP contribution in [-0.2, 0) is 0 Å². The van der Waals surface area contributed by atoms with Gasteiger partial charge in [0.05, 0.1) is 0 Å². The molecule has 1 atom stereocenters. The van der Waals surface area contributed by atoms with Crippen molar-refractivity contribution in [2.75, 3.05) is 19.6 Å². The summed E-state index contributed by atoms with van der Waals surface area (Å²) >= 11 is 3.74. The topological polar surface area (TPSA) is 32.3 Å². The summed E-state index contributed by atoms with van der Waals surface area (Å²) in [5.41, 5.74) is 0. The van der Waals surface area contributed by atoms with Crippen molar-refractivity contribution < 1.29 is 4.79 Å². The van der Waals surface area contributed by atoms with E-state index in [0.29, 0.717) is 6.04 Å². The van der Waals surface area contributed by atoms with Gasteiger partial charge in [0.2, 0.25) is 0 Å². The molecule has 4 heteroatoms. The Kier molecular flexibility index (Phi) is 2.56. The monoisotopic (exact) mass is 160 g/mol.